The highest BCUT2D eigenvalue weighted by atomic mass is 16.2. The minimum Gasteiger partial charge on any atom is -0.343 e. The Morgan fingerprint density at radius 2 is 2.00 bits per heavy atom. The van der Waals surface area contributed by atoms with Crippen molar-refractivity contribution in [3.8, 4) is 0 Å². The lowest BCUT2D eigenvalue weighted by atomic mass is 10.1. The molecule has 1 atom stereocenters. The zero-order valence-electron chi connectivity index (χ0n) is 12.8. The Hall–Kier alpha value is -0.650. The lowest BCUT2D eigenvalue weighted by Gasteiger charge is -2.39. The molecule has 1 amide bonds. The molecule has 1 unspecified atom stereocenters. The van der Waals surface area contributed by atoms with Crippen LogP contribution < -0.4 is 5.73 Å². The van der Waals surface area contributed by atoms with Crippen molar-refractivity contribution in [2.24, 2.45) is 5.73 Å². The number of nitrogens with zero attached hydrogens (tertiary/aromatic N) is 3. The van der Waals surface area contributed by atoms with Crippen LogP contribution in [0.2, 0.25) is 0 Å². The third kappa shape index (κ3) is 5.09. The highest BCUT2D eigenvalue weighted by Gasteiger charge is 2.23. The molecule has 0 aromatic heterocycles. The number of hydrogen-bond donors (Lipinski definition) is 1. The number of carbonyl (C=O) groups excluding carboxylic acids is 1. The van der Waals surface area contributed by atoms with E-state index in [0.29, 0.717) is 19.0 Å². The summed E-state index contributed by atoms with van der Waals surface area (Å²) in [4.78, 5) is 18.6. The quantitative estimate of drug-likeness (QED) is 0.718. The summed E-state index contributed by atoms with van der Waals surface area (Å²) in [6.45, 7) is 10.6. The first-order chi connectivity index (χ1) is 9.12. The Kier molecular flexibility index (Phi) is 7.34. The molecule has 5 heteroatoms. The van der Waals surface area contributed by atoms with Gasteiger partial charge in [-0.3, -0.25) is 9.69 Å². The van der Waals surface area contributed by atoms with Crippen molar-refractivity contribution in [2.45, 2.75) is 32.7 Å². The van der Waals surface area contributed by atoms with Crippen LogP contribution in [0.1, 0.15) is 26.7 Å². The van der Waals surface area contributed by atoms with Gasteiger partial charge in [-0.1, -0.05) is 0 Å². The van der Waals surface area contributed by atoms with Gasteiger partial charge in [-0.05, 0) is 33.9 Å². The molecule has 1 aliphatic heterocycles. The summed E-state index contributed by atoms with van der Waals surface area (Å²) in [5, 5.41) is 0. The lowest BCUT2D eigenvalue weighted by Crippen LogP contribution is -2.54. The number of piperazine rings is 1. The second kappa shape index (κ2) is 8.51. The molecule has 0 spiro atoms. The van der Waals surface area contributed by atoms with Gasteiger partial charge in [-0.2, -0.15) is 0 Å². The van der Waals surface area contributed by atoms with E-state index in [1.54, 1.807) is 0 Å². The van der Waals surface area contributed by atoms with E-state index in [1.807, 2.05) is 18.7 Å². The molecule has 0 aliphatic carbocycles. The Balaban J connectivity index is 2.30. The average Bonchev–Trinajstić information content (AvgIpc) is 2.41. The first-order valence-corrected chi connectivity index (χ1v) is 7.52. The average molecular weight is 270 g/mol. The number of likely N-dealkylation sites (N-methyl/N-ethyl adjacent to an activating group) is 1. The standard InChI is InChI=1S/C14H30N4O/c1-4-17(5-2)14(19)7-6-8-18-10-9-16(3)12-13(18)11-15/h13H,4-12,15H2,1-3H3. The maximum Gasteiger partial charge on any atom is 0.222 e. The summed E-state index contributed by atoms with van der Waals surface area (Å²) in [6, 6.07) is 0.447. The zero-order valence-corrected chi connectivity index (χ0v) is 12.8. The van der Waals surface area contributed by atoms with E-state index in [-0.39, 0.29) is 5.91 Å². The second-order valence-corrected chi connectivity index (χ2v) is 5.36. The van der Waals surface area contributed by atoms with Gasteiger partial charge < -0.3 is 15.5 Å². The first-order valence-electron chi connectivity index (χ1n) is 7.52. The van der Waals surface area contributed by atoms with Crippen LogP contribution in [0.15, 0.2) is 0 Å². The molecule has 1 heterocycles. The van der Waals surface area contributed by atoms with Crippen LogP contribution >= 0.6 is 0 Å². The summed E-state index contributed by atoms with van der Waals surface area (Å²) in [5.41, 5.74) is 5.84. The predicted octanol–water partition coefficient (Wildman–Crippen LogP) is 0.210. The van der Waals surface area contributed by atoms with Gasteiger partial charge >= 0.3 is 0 Å². The fourth-order valence-electron chi connectivity index (χ4n) is 2.73. The first kappa shape index (κ1) is 16.4. The third-order valence-corrected chi connectivity index (χ3v) is 4.03. The van der Waals surface area contributed by atoms with Crippen molar-refractivity contribution < 1.29 is 4.79 Å². The van der Waals surface area contributed by atoms with Crippen molar-refractivity contribution in [1.29, 1.82) is 0 Å². The largest absolute Gasteiger partial charge is 0.343 e. The molecule has 0 aromatic carbocycles. The van der Waals surface area contributed by atoms with Gasteiger partial charge in [-0.25, -0.2) is 0 Å². The van der Waals surface area contributed by atoms with Crippen LogP contribution in [0, 0.1) is 0 Å². The molecule has 1 saturated heterocycles. The van der Waals surface area contributed by atoms with Crippen molar-refractivity contribution in [2.75, 3.05) is 52.9 Å². The lowest BCUT2D eigenvalue weighted by molar-refractivity contribution is -0.131. The van der Waals surface area contributed by atoms with E-state index in [2.05, 4.69) is 16.8 Å². The number of amides is 1. The molecule has 112 valence electrons. The smallest absolute Gasteiger partial charge is 0.222 e. The Bertz CT molecular complexity index is 268. The van der Waals surface area contributed by atoms with Crippen LogP contribution in [-0.4, -0.2) is 79.5 Å². The molecule has 0 bridgehead atoms. The third-order valence-electron chi connectivity index (χ3n) is 4.03. The number of nitrogens with two attached hydrogens (primary N) is 1. The monoisotopic (exact) mass is 270 g/mol. The number of hydrogen-bond acceptors (Lipinski definition) is 4. The Morgan fingerprint density at radius 1 is 1.32 bits per heavy atom. The molecule has 0 radical (unpaired) electrons. The van der Waals surface area contributed by atoms with Gasteiger partial charge in [-0.15, -0.1) is 0 Å². The summed E-state index contributed by atoms with van der Waals surface area (Å²) in [7, 11) is 2.14. The van der Waals surface area contributed by atoms with Crippen molar-refractivity contribution in [1.82, 2.24) is 14.7 Å². The zero-order chi connectivity index (χ0) is 14.3. The molecule has 0 saturated carbocycles. The van der Waals surface area contributed by atoms with Gasteiger partial charge in [0.25, 0.3) is 0 Å². The second-order valence-electron chi connectivity index (χ2n) is 5.36. The van der Waals surface area contributed by atoms with E-state index in [9.17, 15) is 4.79 Å². The van der Waals surface area contributed by atoms with Crippen LogP contribution in [0.4, 0.5) is 0 Å². The number of rotatable bonds is 7. The maximum atomic E-state index is 11.9. The van der Waals surface area contributed by atoms with E-state index in [0.717, 1.165) is 45.7 Å². The molecule has 0 aromatic rings. The molecule has 19 heavy (non-hydrogen) atoms. The van der Waals surface area contributed by atoms with Crippen LogP contribution in [0.25, 0.3) is 0 Å². The van der Waals surface area contributed by atoms with Crippen LogP contribution in [0.5, 0.6) is 0 Å². The Labute approximate surface area is 117 Å². The van der Waals surface area contributed by atoms with Crippen LogP contribution in [-0.2, 0) is 4.79 Å². The van der Waals surface area contributed by atoms with Gasteiger partial charge in [0.1, 0.15) is 0 Å². The van der Waals surface area contributed by atoms with Crippen molar-refractivity contribution >= 4 is 5.91 Å². The molecular weight excluding hydrogens is 240 g/mol. The van der Waals surface area contributed by atoms with Gasteiger partial charge in [0.2, 0.25) is 5.91 Å². The molecular formula is C14H30N4O. The minimum absolute atomic E-state index is 0.281. The number of carbonyl (C=O) groups is 1. The summed E-state index contributed by atoms with van der Waals surface area (Å²) < 4.78 is 0. The molecule has 1 fully saturated rings. The van der Waals surface area contributed by atoms with E-state index < -0.39 is 0 Å². The highest BCUT2D eigenvalue weighted by molar-refractivity contribution is 5.76. The van der Waals surface area contributed by atoms with Gasteiger partial charge in [0.05, 0.1) is 0 Å². The molecule has 5 nitrogen and oxygen atoms in total. The molecule has 1 rings (SSSR count). The summed E-state index contributed by atoms with van der Waals surface area (Å²) in [5.74, 6) is 0.281. The van der Waals surface area contributed by atoms with E-state index >= 15 is 0 Å². The SMILES string of the molecule is CCN(CC)C(=O)CCCN1CCN(C)CC1CN. The topological polar surface area (TPSA) is 52.8 Å². The van der Waals surface area contributed by atoms with Gasteiger partial charge in [0.15, 0.2) is 0 Å². The molecule has 1 aliphatic rings. The maximum absolute atomic E-state index is 11.9. The van der Waals surface area contributed by atoms with Crippen molar-refractivity contribution in [3.05, 3.63) is 0 Å². The van der Waals surface area contributed by atoms with E-state index in [4.69, 9.17) is 5.73 Å². The van der Waals surface area contributed by atoms with Gasteiger partial charge in [0, 0.05) is 51.7 Å². The normalized spacial score (nSPS) is 21.6. The van der Waals surface area contributed by atoms with Crippen LogP contribution in [0.3, 0.4) is 0 Å². The Morgan fingerprint density at radius 3 is 2.58 bits per heavy atom. The summed E-state index contributed by atoms with van der Waals surface area (Å²) in [6.07, 6.45) is 1.60. The van der Waals surface area contributed by atoms with Crippen molar-refractivity contribution in [3.63, 3.8) is 0 Å². The minimum atomic E-state index is 0.281. The molecule has 2 N–H and O–H groups in total. The fourth-order valence-corrected chi connectivity index (χ4v) is 2.73. The highest BCUT2D eigenvalue weighted by Crippen LogP contribution is 2.09. The van der Waals surface area contributed by atoms with E-state index in [1.165, 1.54) is 0 Å². The summed E-state index contributed by atoms with van der Waals surface area (Å²) >= 11 is 0. The fraction of sp³-hybridized carbons (Fsp3) is 0.929. The predicted molar refractivity (Wildman–Crippen MR) is 79.1 cm³/mol.